The van der Waals surface area contributed by atoms with Crippen molar-refractivity contribution in [3.63, 3.8) is 0 Å². The second kappa shape index (κ2) is 10.5. The molecular weight excluding hydrogens is 510 g/mol. The molecule has 0 unspecified atom stereocenters. The van der Waals surface area contributed by atoms with Gasteiger partial charge in [0.1, 0.15) is 17.3 Å². The van der Waals surface area contributed by atoms with Crippen LogP contribution < -0.4 is 10.6 Å². The van der Waals surface area contributed by atoms with Crippen LogP contribution in [-0.4, -0.2) is 47.8 Å². The molecule has 11 heteroatoms. The predicted octanol–water partition coefficient (Wildman–Crippen LogP) is 2.02. The Morgan fingerprint density at radius 2 is 1.90 bits per heavy atom. The fourth-order valence-corrected chi connectivity index (χ4v) is 3.84. The Morgan fingerprint density at radius 1 is 1.14 bits per heavy atom. The summed E-state index contributed by atoms with van der Waals surface area (Å²) >= 11 is 0. The number of sulfone groups is 1. The molecule has 3 rings (SSSR count). The van der Waals surface area contributed by atoms with Gasteiger partial charge >= 0.3 is 0 Å². The van der Waals surface area contributed by atoms with Crippen LogP contribution in [0.1, 0.15) is 12.7 Å². The van der Waals surface area contributed by atoms with Gasteiger partial charge in [-0.3, -0.25) is 4.40 Å². The second-order valence-corrected chi connectivity index (χ2v) is 7.99. The highest BCUT2D eigenvalue weighted by atomic mass is 127. The van der Waals surface area contributed by atoms with Crippen LogP contribution in [0.4, 0.5) is 4.39 Å². The molecule has 2 heterocycles. The lowest BCUT2D eigenvalue weighted by atomic mass is 10.3. The highest BCUT2D eigenvalue weighted by molar-refractivity contribution is 14.0. The average molecular weight is 532 g/mol. The lowest BCUT2D eigenvalue weighted by Gasteiger charge is -2.11. The zero-order valence-electron chi connectivity index (χ0n) is 15.7. The number of nitrogens with zero attached hydrogens (tertiary/aromatic N) is 4. The molecular formula is C18H22FIN6O2S. The minimum Gasteiger partial charge on any atom is -0.357 e. The van der Waals surface area contributed by atoms with Crippen molar-refractivity contribution in [2.75, 3.05) is 18.8 Å². The summed E-state index contributed by atoms with van der Waals surface area (Å²) in [4.78, 5) is 4.12. The lowest BCUT2D eigenvalue weighted by molar-refractivity contribution is 0.566. The van der Waals surface area contributed by atoms with Crippen LogP contribution in [0.25, 0.3) is 5.65 Å². The maximum atomic E-state index is 13.7. The zero-order valence-corrected chi connectivity index (χ0v) is 18.9. The van der Waals surface area contributed by atoms with E-state index in [0.29, 0.717) is 18.3 Å². The molecule has 0 fully saturated rings. The van der Waals surface area contributed by atoms with Crippen LogP contribution in [-0.2, 0) is 16.4 Å². The van der Waals surface area contributed by atoms with Crippen LogP contribution >= 0.6 is 24.0 Å². The molecule has 0 saturated carbocycles. The van der Waals surface area contributed by atoms with E-state index in [1.165, 1.54) is 18.2 Å². The molecule has 2 aromatic heterocycles. The molecule has 0 amide bonds. The Labute approximate surface area is 185 Å². The van der Waals surface area contributed by atoms with Crippen molar-refractivity contribution in [2.45, 2.75) is 18.4 Å². The number of guanidine groups is 1. The number of aromatic nitrogens is 3. The number of hydrogen-bond acceptors (Lipinski definition) is 5. The molecule has 2 N–H and O–H groups in total. The summed E-state index contributed by atoms with van der Waals surface area (Å²) in [5.41, 5.74) is 0.724. The monoisotopic (exact) mass is 532 g/mol. The van der Waals surface area contributed by atoms with Crippen LogP contribution in [0.5, 0.6) is 0 Å². The third-order valence-electron chi connectivity index (χ3n) is 3.94. The average Bonchev–Trinajstić information content (AvgIpc) is 3.09. The molecule has 0 saturated heterocycles. The van der Waals surface area contributed by atoms with Crippen LogP contribution in [0.15, 0.2) is 58.5 Å². The number of halogens is 2. The standard InChI is InChI=1S/C18H21FN6O2S.HI/c1-2-20-18(22-13-17-24-23-16-9-5-6-11-25(16)17)21-10-12-28(26,27)15-8-4-3-7-14(15)19;/h3-9,11H,2,10,12-13H2,1H3,(H2,20,21,22);1H. The zero-order chi connectivity index (χ0) is 20.0. The number of rotatable bonds is 7. The third-order valence-corrected chi connectivity index (χ3v) is 5.68. The van der Waals surface area contributed by atoms with Gasteiger partial charge in [-0.25, -0.2) is 17.8 Å². The quantitative estimate of drug-likeness (QED) is 0.275. The van der Waals surface area contributed by atoms with Gasteiger partial charge in [-0.15, -0.1) is 34.2 Å². The van der Waals surface area contributed by atoms with Gasteiger partial charge in [0.25, 0.3) is 0 Å². The van der Waals surface area contributed by atoms with Gasteiger partial charge in [0.2, 0.25) is 0 Å². The number of pyridine rings is 1. The molecule has 0 bridgehead atoms. The van der Waals surface area contributed by atoms with E-state index >= 15 is 0 Å². The van der Waals surface area contributed by atoms with E-state index in [4.69, 9.17) is 0 Å². The number of fused-ring (bicyclic) bond motifs is 1. The van der Waals surface area contributed by atoms with E-state index in [1.807, 2.05) is 35.7 Å². The number of benzene rings is 1. The minimum absolute atomic E-state index is 0. The Balaban J connectivity index is 0.00000300. The molecule has 0 aliphatic rings. The summed E-state index contributed by atoms with van der Waals surface area (Å²) in [6.45, 7) is 2.86. The number of hydrogen-bond donors (Lipinski definition) is 2. The van der Waals surface area contributed by atoms with E-state index in [-0.39, 0.29) is 47.7 Å². The Hall–Kier alpha value is -2.28. The topological polar surface area (TPSA) is 101 Å². The summed E-state index contributed by atoms with van der Waals surface area (Å²) in [6, 6.07) is 10.9. The molecule has 0 atom stereocenters. The van der Waals surface area contributed by atoms with Gasteiger partial charge in [0, 0.05) is 19.3 Å². The molecule has 3 aromatic rings. The van der Waals surface area contributed by atoms with E-state index in [0.717, 1.165) is 11.7 Å². The minimum atomic E-state index is -3.74. The molecule has 0 radical (unpaired) electrons. The van der Waals surface area contributed by atoms with Gasteiger partial charge in [-0.2, -0.15) is 0 Å². The third kappa shape index (κ3) is 5.85. The highest BCUT2D eigenvalue weighted by Crippen LogP contribution is 2.14. The second-order valence-electron chi connectivity index (χ2n) is 5.92. The van der Waals surface area contributed by atoms with E-state index < -0.39 is 15.7 Å². The molecule has 156 valence electrons. The van der Waals surface area contributed by atoms with Crippen molar-refractivity contribution in [2.24, 2.45) is 4.99 Å². The van der Waals surface area contributed by atoms with Crippen LogP contribution in [0, 0.1) is 5.82 Å². The maximum Gasteiger partial charge on any atom is 0.191 e. The molecule has 29 heavy (non-hydrogen) atoms. The SMILES string of the molecule is CCNC(=NCc1nnc2ccccn12)NCCS(=O)(=O)c1ccccc1F.I. The van der Waals surface area contributed by atoms with Crippen molar-refractivity contribution in [3.05, 3.63) is 60.3 Å². The van der Waals surface area contributed by atoms with Gasteiger partial charge in [-0.05, 0) is 31.2 Å². The van der Waals surface area contributed by atoms with Gasteiger partial charge < -0.3 is 10.6 Å². The van der Waals surface area contributed by atoms with Gasteiger partial charge in [0.05, 0.1) is 5.75 Å². The molecule has 8 nitrogen and oxygen atoms in total. The first-order valence-corrected chi connectivity index (χ1v) is 10.4. The maximum absolute atomic E-state index is 13.7. The fraction of sp³-hybridized carbons (Fsp3) is 0.278. The molecule has 0 aliphatic carbocycles. The summed E-state index contributed by atoms with van der Waals surface area (Å²) in [5.74, 6) is 0.0964. The summed E-state index contributed by atoms with van der Waals surface area (Å²) in [7, 11) is -3.74. The van der Waals surface area contributed by atoms with Gasteiger partial charge in [0.15, 0.2) is 27.3 Å². The Morgan fingerprint density at radius 3 is 2.66 bits per heavy atom. The Kier molecular flexibility index (Phi) is 8.32. The normalized spacial score (nSPS) is 11.9. The largest absolute Gasteiger partial charge is 0.357 e. The van der Waals surface area contributed by atoms with Crippen molar-refractivity contribution in [1.82, 2.24) is 25.2 Å². The smallest absolute Gasteiger partial charge is 0.191 e. The molecule has 1 aromatic carbocycles. The first-order valence-electron chi connectivity index (χ1n) is 8.79. The van der Waals surface area contributed by atoms with Crippen LogP contribution in [0.2, 0.25) is 0 Å². The fourth-order valence-electron chi connectivity index (χ4n) is 2.60. The Bertz CT molecular complexity index is 1090. The summed E-state index contributed by atoms with van der Waals surface area (Å²) in [6.07, 6.45) is 1.85. The van der Waals surface area contributed by atoms with Crippen LogP contribution in [0.3, 0.4) is 0 Å². The van der Waals surface area contributed by atoms with Crippen molar-refractivity contribution in [1.29, 1.82) is 0 Å². The van der Waals surface area contributed by atoms with Crippen molar-refractivity contribution in [3.8, 4) is 0 Å². The summed E-state index contributed by atoms with van der Waals surface area (Å²) in [5, 5.41) is 14.2. The van der Waals surface area contributed by atoms with Gasteiger partial charge in [-0.1, -0.05) is 18.2 Å². The first-order chi connectivity index (χ1) is 13.5. The first kappa shape index (κ1) is 23.0. The highest BCUT2D eigenvalue weighted by Gasteiger charge is 2.18. The molecule has 0 spiro atoms. The van der Waals surface area contributed by atoms with E-state index in [1.54, 1.807) is 0 Å². The predicted molar refractivity (Wildman–Crippen MR) is 120 cm³/mol. The van der Waals surface area contributed by atoms with E-state index in [2.05, 4.69) is 25.8 Å². The lowest BCUT2D eigenvalue weighted by Crippen LogP contribution is -2.39. The summed E-state index contributed by atoms with van der Waals surface area (Å²) < 4.78 is 40.2. The van der Waals surface area contributed by atoms with Crippen molar-refractivity contribution >= 4 is 45.4 Å². The number of nitrogens with one attached hydrogen (secondary N) is 2. The molecule has 0 aliphatic heterocycles. The van der Waals surface area contributed by atoms with Crippen molar-refractivity contribution < 1.29 is 12.8 Å². The van der Waals surface area contributed by atoms with E-state index in [9.17, 15) is 12.8 Å². The number of aliphatic imine (C=N–C) groups is 1.